The van der Waals surface area contributed by atoms with Crippen LogP contribution < -0.4 is 10.2 Å². The molecule has 2 rings (SSSR count). The number of benzene rings is 1. The fourth-order valence-electron chi connectivity index (χ4n) is 3.09. The Morgan fingerprint density at radius 1 is 1.32 bits per heavy atom. The molecule has 1 aromatic carbocycles. The Bertz CT molecular complexity index is 408. The molecular weight excluding hydrogens is 300 g/mol. The van der Waals surface area contributed by atoms with Crippen molar-refractivity contribution in [2.24, 2.45) is 5.92 Å². The molecule has 0 spiro atoms. The van der Waals surface area contributed by atoms with Crippen LogP contribution in [0.25, 0.3) is 0 Å². The zero-order valence-corrected chi connectivity index (χ0v) is 13.9. The van der Waals surface area contributed by atoms with Gasteiger partial charge in [-0.15, -0.1) is 0 Å². The second kappa shape index (κ2) is 6.76. The highest BCUT2D eigenvalue weighted by Gasteiger charge is 2.24. The van der Waals surface area contributed by atoms with E-state index in [0.29, 0.717) is 0 Å². The van der Waals surface area contributed by atoms with Crippen molar-refractivity contribution in [2.75, 3.05) is 31.1 Å². The molecule has 2 nitrogen and oxygen atoms in total. The number of rotatable bonds is 5. The topological polar surface area (TPSA) is 15.3 Å². The molecule has 3 heteroatoms. The van der Waals surface area contributed by atoms with Crippen LogP contribution in [0.2, 0.25) is 0 Å². The molecule has 0 radical (unpaired) electrons. The first-order valence-corrected chi connectivity index (χ1v) is 8.13. The molecule has 1 fully saturated rings. The van der Waals surface area contributed by atoms with Gasteiger partial charge in [0.1, 0.15) is 0 Å². The Balaban J connectivity index is 2.01. The van der Waals surface area contributed by atoms with Crippen LogP contribution in [0.15, 0.2) is 16.6 Å². The summed E-state index contributed by atoms with van der Waals surface area (Å²) >= 11 is 3.58. The third-order valence-electron chi connectivity index (χ3n) is 3.92. The van der Waals surface area contributed by atoms with E-state index >= 15 is 0 Å². The van der Waals surface area contributed by atoms with Crippen molar-refractivity contribution < 1.29 is 0 Å². The van der Waals surface area contributed by atoms with Crippen molar-refractivity contribution in [3.05, 3.63) is 27.7 Å². The van der Waals surface area contributed by atoms with Crippen molar-refractivity contribution in [1.29, 1.82) is 0 Å². The van der Waals surface area contributed by atoms with E-state index < -0.39 is 0 Å². The van der Waals surface area contributed by atoms with Crippen LogP contribution in [0, 0.1) is 19.8 Å². The van der Waals surface area contributed by atoms with Gasteiger partial charge in [0.05, 0.1) is 0 Å². The van der Waals surface area contributed by atoms with E-state index in [-0.39, 0.29) is 0 Å². The molecule has 1 saturated heterocycles. The first-order valence-electron chi connectivity index (χ1n) is 7.34. The Morgan fingerprint density at radius 3 is 2.63 bits per heavy atom. The molecule has 1 atom stereocenters. The molecule has 0 aromatic heterocycles. The third-order valence-corrected chi connectivity index (χ3v) is 4.38. The smallest absolute Gasteiger partial charge is 0.0426 e. The first kappa shape index (κ1) is 14.9. The Hall–Kier alpha value is -0.540. The van der Waals surface area contributed by atoms with Gasteiger partial charge in [0, 0.05) is 23.2 Å². The van der Waals surface area contributed by atoms with Gasteiger partial charge in [-0.1, -0.05) is 22.9 Å². The van der Waals surface area contributed by atoms with Crippen molar-refractivity contribution in [3.63, 3.8) is 0 Å². The third kappa shape index (κ3) is 3.73. The fraction of sp³-hybridized carbons (Fsp3) is 0.625. The van der Waals surface area contributed by atoms with E-state index in [0.717, 1.165) is 12.5 Å². The summed E-state index contributed by atoms with van der Waals surface area (Å²) in [6.45, 7) is 11.4. The second-order valence-electron chi connectivity index (χ2n) is 5.69. The highest BCUT2D eigenvalue weighted by molar-refractivity contribution is 9.10. The van der Waals surface area contributed by atoms with Gasteiger partial charge in [0.2, 0.25) is 0 Å². The lowest BCUT2D eigenvalue weighted by molar-refractivity contribution is 0.516. The average molecular weight is 325 g/mol. The number of nitrogens with zero attached hydrogens (tertiary/aromatic N) is 1. The summed E-state index contributed by atoms with van der Waals surface area (Å²) in [5.41, 5.74) is 4.21. The van der Waals surface area contributed by atoms with Crippen LogP contribution in [0.1, 0.15) is 30.9 Å². The largest absolute Gasteiger partial charge is 0.371 e. The summed E-state index contributed by atoms with van der Waals surface area (Å²) in [4.78, 5) is 2.56. The van der Waals surface area contributed by atoms with Gasteiger partial charge in [-0.05, 0) is 69.0 Å². The van der Waals surface area contributed by atoms with Crippen LogP contribution in [-0.4, -0.2) is 26.2 Å². The molecule has 1 aliphatic rings. The van der Waals surface area contributed by atoms with E-state index in [2.05, 4.69) is 59.1 Å². The molecule has 0 aliphatic carbocycles. The predicted molar refractivity (Wildman–Crippen MR) is 87.1 cm³/mol. The number of hydrogen-bond acceptors (Lipinski definition) is 2. The molecule has 1 aliphatic heterocycles. The number of nitrogens with one attached hydrogen (secondary N) is 1. The van der Waals surface area contributed by atoms with Crippen molar-refractivity contribution >= 4 is 21.6 Å². The van der Waals surface area contributed by atoms with E-state index in [1.54, 1.807) is 0 Å². The molecule has 0 bridgehead atoms. The highest BCUT2D eigenvalue weighted by atomic mass is 79.9. The quantitative estimate of drug-likeness (QED) is 0.826. The standard InChI is InChI=1S/C16H25BrN2/c1-4-6-18-10-14-5-7-19(11-14)16-12(2)8-15(17)9-13(16)3/h8-9,14,18H,4-7,10-11H2,1-3H3. The number of hydrogen-bond donors (Lipinski definition) is 1. The number of anilines is 1. The summed E-state index contributed by atoms with van der Waals surface area (Å²) in [5, 5.41) is 3.55. The molecule has 0 saturated carbocycles. The minimum absolute atomic E-state index is 0.800. The van der Waals surface area contributed by atoms with Gasteiger partial charge in [0.15, 0.2) is 0 Å². The Labute approximate surface area is 125 Å². The maximum Gasteiger partial charge on any atom is 0.0426 e. The van der Waals surface area contributed by atoms with Gasteiger partial charge in [-0.2, -0.15) is 0 Å². The van der Waals surface area contributed by atoms with Gasteiger partial charge >= 0.3 is 0 Å². The van der Waals surface area contributed by atoms with Gasteiger partial charge in [-0.25, -0.2) is 0 Å². The van der Waals surface area contributed by atoms with Crippen LogP contribution >= 0.6 is 15.9 Å². The van der Waals surface area contributed by atoms with Gasteiger partial charge in [0.25, 0.3) is 0 Å². The van der Waals surface area contributed by atoms with Crippen LogP contribution in [-0.2, 0) is 0 Å². The monoisotopic (exact) mass is 324 g/mol. The lowest BCUT2D eigenvalue weighted by Gasteiger charge is -2.24. The van der Waals surface area contributed by atoms with Gasteiger partial charge in [-0.3, -0.25) is 0 Å². The van der Waals surface area contributed by atoms with Crippen molar-refractivity contribution in [3.8, 4) is 0 Å². The van der Waals surface area contributed by atoms with Gasteiger partial charge < -0.3 is 10.2 Å². The maximum atomic E-state index is 3.58. The van der Waals surface area contributed by atoms with Crippen molar-refractivity contribution in [1.82, 2.24) is 5.32 Å². The Kier molecular flexibility index (Phi) is 5.28. The van der Waals surface area contributed by atoms with Crippen LogP contribution in [0.4, 0.5) is 5.69 Å². The molecule has 0 amide bonds. The Morgan fingerprint density at radius 2 is 2.00 bits per heavy atom. The molecule has 1 aromatic rings. The molecule has 1 heterocycles. The highest BCUT2D eigenvalue weighted by Crippen LogP contribution is 2.32. The van der Waals surface area contributed by atoms with E-state index in [1.165, 1.54) is 53.8 Å². The zero-order chi connectivity index (χ0) is 13.8. The number of aryl methyl sites for hydroxylation is 2. The normalized spacial score (nSPS) is 19.2. The summed E-state index contributed by atoms with van der Waals surface area (Å²) in [6, 6.07) is 4.45. The summed E-state index contributed by atoms with van der Waals surface area (Å²) in [6.07, 6.45) is 2.53. The fourth-order valence-corrected chi connectivity index (χ4v) is 3.77. The van der Waals surface area contributed by atoms with Crippen LogP contribution in [0.5, 0.6) is 0 Å². The predicted octanol–water partition coefficient (Wildman–Crippen LogP) is 3.89. The molecule has 106 valence electrons. The molecular formula is C16H25BrN2. The SMILES string of the molecule is CCCNCC1CCN(c2c(C)cc(Br)cc2C)C1. The van der Waals surface area contributed by atoms with Crippen LogP contribution in [0.3, 0.4) is 0 Å². The first-order chi connectivity index (χ1) is 9.11. The summed E-state index contributed by atoms with van der Waals surface area (Å²) in [7, 11) is 0. The molecule has 1 unspecified atom stereocenters. The molecule has 1 N–H and O–H groups in total. The zero-order valence-electron chi connectivity index (χ0n) is 12.3. The van der Waals surface area contributed by atoms with E-state index in [4.69, 9.17) is 0 Å². The minimum atomic E-state index is 0.800. The second-order valence-corrected chi connectivity index (χ2v) is 6.61. The lowest BCUT2D eigenvalue weighted by atomic mass is 10.1. The van der Waals surface area contributed by atoms with Crippen molar-refractivity contribution in [2.45, 2.75) is 33.6 Å². The number of halogens is 1. The molecule has 19 heavy (non-hydrogen) atoms. The maximum absolute atomic E-state index is 3.58. The minimum Gasteiger partial charge on any atom is -0.371 e. The van der Waals surface area contributed by atoms with E-state index in [1.807, 2.05) is 0 Å². The van der Waals surface area contributed by atoms with E-state index in [9.17, 15) is 0 Å². The lowest BCUT2D eigenvalue weighted by Crippen LogP contribution is -2.27. The summed E-state index contributed by atoms with van der Waals surface area (Å²) in [5.74, 6) is 0.800. The average Bonchev–Trinajstić information content (AvgIpc) is 2.76. The summed E-state index contributed by atoms with van der Waals surface area (Å²) < 4.78 is 1.19.